The molecule has 2 nitrogen and oxygen atoms in total. The normalized spacial score (nSPS) is 10.5. The number of aryl methyl sites for hydroxylation is 1. The van der Waals surface area contributed by atoms with Gasteiger partial charge in [-0.2, -0.15) is 0 Å². The molecule has 0 aliphatic heterocycles. The summed E-state index contributed by atoms with van der Waals surface area (Å²) >= 11 is 5.85. The van der Waals surface area contributed by atoms with Gasteiger partial charge in [-0.05, 0) is 31.6 Å². The molecule has 0 aliphatic carbocycles. The van der Waals surface area contributed by atoms with Crippen molar-refractivity contribution in [3.63, 3.8) is 0 Å². The number of nitrogens with zero attached hydrogens (tertiary/aromatic N) is 1. The Balaban J connectivity index is 2.58. The van der Waals surface area contributed by atoms with Crippen molar-refractivity contribution in [3.8, 4) is 0 Å². The number of aromatic nitrogens is 1. The molecule has 0 amide bonds. The minimum absolute atomic E-state index is 0.802. The first kappa shape index (κ1) is 8.62. The van der Waals surface area contributed by atoms with Gasteiger partial charge >= 0.3 is 0 Å². The van der Waals surface area contributed by atoms with Crippen molar-refractivity contribution in [1.29, 1.82) is 0 Å². The minimum Gasteiger partial charge on any atom is -0.342 e. The monoisotopic (exact) mass is 172 g/mol. The van der Waals surface area contributed by atoms with Crippen LogP contribution in [-0.4, -0.2) is 18.2 Å². The van der Waals surface area contributed by atoms with E-state index in [9.17, 15) is 0 Å². The second-order valence-electron chi connectivity index (χ2n) is 2.64. The van der Waals surface area contributed by atoms with Crippen LogP contribution in [0.5, 0.6) is 0 Å². The lowest BCUT2D eigenvalue weighted by Crippen LogP contribution is -2.09. The number of likely N-dealkylation sites (N-methyl/N-ethyl adjacent to an activating group) is 1. The summed E-state index contributed by atoms with van der Waals surface area (Å²) in [5, 5.41) is 3.89. The molecule has 0 saturated heterocycles. The van der Waals surface area contributed by atoms with Crippen molar-refractivity contribution in [2.45, 2.75) is 6.42 Å². The van der Waals surface area contributed by atoms with Crippen molar-refractivity contribution in [2.24, 2.45) is 7.05 Å². The molecule has 0 unspecified atom stereocenters. The first-order chi connectivity index (χ1) is 5.24. The van der Waals surface area contributed by atoms with E-state index < -0.39 is 0 Å². The van der Waals surface area contributed by atoms with Gasteiger partial charge in [0.1, 0.15) is 5.15 Å². The number of hydrogen-bond donors (Lipinski definition) is 1. The molecule has 1 rings (SSSR count). The topological polar surface area (TPSA) is 17.0 Å². The van der Waals surface area contributed by atoms with Crippen LogP contribution in [0.4, 0.5) is 0 Å². The van der Waals surface area contributed by atoms with Gasteiger partial charge in [0.15, 0.2) is 0 Å². The average Bonchev–Trinajstić information content (AvgIpc) is 2.28. The third kappa shape index (κ3) is 2.24. The Morgan fingerprint density at radius 2 is 2.36 bits per heavy atom. The lowest BCUT2D eigenvalue weighted by Gasteiger charge is -1.94. The highest BCUT2D eigenvalue weighted by Gasteiger charge is 1.98. The van der Waals surface area contributed by atoms with Crippen LogP contribution in [0.25, 0.3) is 0 Å². The van der Waals surface area contributed by atoms with E-state index in [4.69, 9.17) is 11.6 Å². The molecule has 0 aliphatic rings. The fourth-order valence-electron chi connectivity index (χ4n) is 1.01. The summed E-state index contributed by atoms with van der Waals surface area (Å²) in [5.41, 5.74) is 1.28. The first-order valence-corrected chi connectivity index (χ1v) is 4.07. The predicted molar refractivity (Wildman–Crippen MR) is 48.1 cm³/mol. The number of halogens is 1. The smallest absolute Gasteiger partial charge is 0.108 e. The Morgan fingerprint density at radius 1 is 1.64 bits per heavy atom. The van der Waals surface area contributed by atoms with E-state index in [0.29, 0.717) is 0 Å². The maximum atomic E-state index is 5.85. The summed E-state index contributed by atoms with van der Waals surface area (Å²) in [6.45, 7) is 1.00. The van der Waals surface area contributed by atoms with E-state index in [1.165, 1.54) is 5.56 Å². The molecule has 1 aromatic rings. The van der Waals surface area contributed by atoms with Crippen LogP contribution in [0.2, 0.25) is 5.15 Å². The minimum atomic E-state index is 0.802. The van der Waals surface area contributed by atoms with Crippen molar-refractivity contribution in [3.05, 3.63) is 23.0 Å². The standard InChI is InChI=1S/C8H13ClN2/c1-10-4-3-7-5-8(9)11(2)6-7/h5-6,10H,3-4H2,1-2H3. The highest BCUT2D eigenvalue weighted by Crippen LogP contribution is 2.12. The third-order valence-electron chi connectivity index (χ3n) is 1.66. The molecular weight excluding hydrogens is 160 g/mol. The Bertz CT molecular complexity index is 210. The summed E-state index contributed by atoms with van der Waals surface area (Å²) in [7, 11) is 3.90. The summed E-state index contributed by atoms with van der Waals surface area (Å²) in [4.78, 5) is 0. The van der Waals surface area contributed by atoms with Gasteiger partial charge in [0.05, 0.1) is 0 Å². The highest BCUT2D eigenvalue weighted by molar-refractivity contribution is 6.29. The fraction of sp³-hybridized carbons (Fsp3) is 0.500. The summed E-state index contributed by atoms with van der Waals surface area (Å²) < 4.78 is 1.92. The maximum Gasteiger partial charge on any atom is 0.108 e. The van der Waals surface area contributed by atoms with Crippen molar-refractivity contribution < 1.29 is 0 Å². The zero-order valence-electron chi connectivity index (χ0n) is 6.89. The average molecular weight is 173 g/mol. The predicted octanol–water partition coefficient (Wildman–Crippen LogP) is 1.44. The molecule has 11 heavy (non-hydrogen) atoms. The van der Waals surface area contributed by atoms with Crippen LogP contribution < -0.4 is 5.32 Å². The molecular formula is C8H13ClN2. The van der Waals surface area contributed by atoms with Crippen LogP contribution in [-0.2, 0) is 13.5 Å². The van der Waals surface area contributed by atoms with Gasteiger partial charge in [0.2, 0.25) is 0 Å². The maximum absolute atomic E-state index is 5.85. The summed E-state index contributed by atoms with van der Waals surface area (Å²) in [6.07, 6.45) is 3.09. The van der Waals surface area contributed by atoms with Crippen molar-refractivity contribution in [1.82, 2.24) is 9.88 Å². The van der Waals surface area contributed by atoms with Gasteiger partial charge in [-0.3, -0.25) is 0 Å². The number of hydrogen-bond acceptors (Lipinski definition) is 1. The lowest BCUT2D eigenvalue weighted by molar-refractivity contribution is 0.789. The Labute approximate surface area is 72.2 Å². The van der Waals surface area contributed by atoms with Crippen LogP contribution in [0.1, 0.15) is 5.56 Å². The zero-order valence-corrected chi connectivity index (χ0v) is 7.65. The quantitative estimate of drug-likeness (QED) is 0.730. The molecule has 62 valence electrons. The van der Waals surface area contributed by atoms with Gasteiger partial charge in [-0.15, -0.1) is 0 Å². The SMILES string of the molecule is CNCCc1cc(Cl)n(C)c1. The van der Waals surface area contributed by atoms with Gasteiger partial charge in [0.25, 0.3) is 0 Å². The first-order valence-electron chi connectivity index (χ1n) is 3.69. The molecule has 0 atom stereocenters. The van der Waals surface area contributed by atoms with Gasteiger partial charge in [0, 0.05) is 13.2 Å². The summed E-state index contributed by atoms with van der Waals surface area (Å²) in [6, 6.07) is 2.00. The molecule has 1 aromatic heterocycles. The lowest BCUT2D eigenvalue weighted by atomic mass is 10.2. The number of rotatable bonds is 3. The van der Waals surface area contributed by atoms with E-state index in [1.807, 2.05) is 24.7 Å². The Hall–Kier alpha value is -0.470. The van der Waals surface area contributed by atoms with E-state index in [1.54, 1.807) is 0 Å². The second kappa shape index (κ2) is 3.79. The fourth-order valence-corrected chi connectivity index (χ4v) is 1.20. The van der Waals surface area contributed by atoms with E-state index in [2.05, 4.69) is 11.5 Å². The molecule has 1 heterocycles. The van der Waals surface area contributed by atoms with Crippen LogP contribution in [0, 0.1) is 0 Å². The van der Waals surface area contributed by atoms with Gasteiger partial charge in [-0.1, -0.05) is 11.6 Å². The van der Waals surface area contributed by atoms with E-state index >= 15 is 0 Å². The largest absolute Gasteiger partial charge is 0.342 e. The van der Waals surface area contributed by atoms with Crippen LogP contribution >= 0.6 is 11.6 Å². The molecule has 0 bridgehead atoms. The van der Waals surface area contributed by atoms with Crippen LogP contribution in [0.15, 0.2) is 12.3 Å². The molecule has 3 heteroatoms. The highest BCUT2D eigenvalue weighted by atomic mass is 35.5. The molecule has 0 aromatic carbocycles. The second-order valence-corrected chi connectivity index (χ2v) is 3.02. The Kier molecular flexibility index (Phi) is 2.97. The molecule has 0 fully saturated rings. The summed E-state index contributed by atoms with van der Waals surface area (Å²) in [5.74, 6) is 0. The molecule has 1 N–H and O–H groups in total. The van der Waals surface area contributed by atoms with Crippen molar-refractivity contribution >= 4 is 11.6 Å². The van der Waals surface area contributed by atoms with E-state index in [0.717, 1.165) is 18.1 Å². The van der Waals surface area contributed by atoms with Gasteiger partial charge in [-0.25, -0.2) is 0 Å². The van der Waals surface area contributed by atoms with Crippen LogP contribution in [0.3, 0.4) is 0 Å². The zero-order chi connectivity index (χ0) is 8.27. The van der Waals surface area contributed by atoms with Crippen molar-refractivity contribution in [2.75, 3.05) is 13.6 Å². The van der Waals surface area contributed by atoms with Gasteiger partial charge < -0.3 is 9.88 Å². The number of nitrogens with one attached hydrogen (secondary N) is 1. The third-order valence-corrected chi connectivity index (χ3v) is 2.04. The Morgan fingerprint density at radius 3 is 2.82 bits per heavy atom. The molecule has 0 spiro atoms. The molecule has 0 saturated carbocycles. The van der Waals surface area contributed by atoms with E-state index in [-0.39, 0.29) is 0 Å². The molecule has 0 radical (unpaired) electrons.